The first-order valence-electron chi connectivity index (χ1n) is 9.46. The number of esters is 1. The Kier molecular flexibility index (Phi) is 6.49. The Labute approximate surface area is 188 Å². The van der Waals surface area contributed by atoms with E-state index in [0.717, 1.165) is 11.3 Å². The second-order valence-corrected chi connectivity index (χ2v) is 7.90. The van der Waals surface area contributed by atoms with Crippen molar-refractivity contribution in [3.8, 4) is 10.8 Å². The minimum Gasteiger partial charge on any atom is -0.491 e. The first-order chi connectivity index (χ1) is 15.1. The third-order valence-electron chi connectivity index (χ3n) is 4.39. The molecule has 0 aliphatic rings. The van der Waals surface area contributed by atoms with Gasteiger partial charge in [0.05, 0.1) is 13.7 Å². The number of hydrogen-bond acceptors (Lipinski definition) is 7. The first-order valence-corrected chi connectivity index (χ1v) is 10.7. The van der Waals surface area contributed by atoms with Crippen LogP contribution >= 0.6 is 22.9 Å². The van der Waals surface area contributed by atoms with Crippen molar-refractivity contribution in [3.05, 3.63) is 82.5 Å². The van der Waals surface area contributed by atoms with Gasteiger partial charge in [0, 0.05) is 23.2 Å². The number of hydrogen-bond donors (Lipinski definition) is 1. The van der Waals surface area contributed by atoms with Crippen LogP contribution in [0.25, 0.3) is 5.00 Å². The molecule has 4 aromatic rings. The van der Waals surface area contributed by atoms with Crippen LogP contribution in [0, 0.1) is 0 Å². The summed E-state index contributed by atoms with van der Waals surface area (Å²) >= 11 is 7.42. The summed E-state index contributed by atoms with van der Waals surface area (Å²) in [6, 6.07) is 19.0. The Bertz CT molecular complexity index is 1180. The van der Waals surface area contributed by atoms with E-state index in [1.807, 2.05) is 54.6 Å². The first kappa shape index (κ1) is 20.9. The van der Waals surface area contributed by atoms with Gasteiger partial charge in [0.2, 0.25) is 5.95 Å². The van der Waals surface area contributed by atoms with Crippen LogP contribution in [0.2, 0.25) is 5.02 Å². The van der Waals surface area contributed by atoms with Gasteiger partial charge in [0.15, 0.2) is 4.88 Å². The normalized spacial score (nSPS) is 10.6. The van der Waals surface area contributed by atoms with Gasteiger partial charge in [-0.25, -0.2) is 9.48 Å². The molecule has 2 heterocycles. The Balaban J connectivity index is 1.50. The lowest BCUT2D eigenvalue weighted by molar-refractivity contribution is 0.0602. The number of rotatable bonds is 8. The summed E-state index contributed by atoms with van der Waals surface area (Å²) in [5.41, 5.74) is 1.86. The maximum atomic E-state index is 12.2. The number of nitrogens with one attached hydrogen (secondary N) is 1. The molecule has 0 unspecified atom stereocenters. The highest BCUT2D eigenvalue weighted by atomic mass is 35.5. The van der Waals surface area contributed by atoms with Crippen LogP contribution in [0.5, 0.6) is 5.75 Å². The zero-order valence-electron chi connectivity index (χ0n) is 16.6. The molecule has 0 amide bonds. The summed E-state index contributed by atoms with van der Waals surface area (Å²) in [5, 5.41) is 8.94. The molecule has 158 valence electrons. The van der Waals surface area contributed by atoms with Crippen molar-refractivity contribution in [3.63, 3.8) is 0 Å². The van der Waals surface area contributed by atoms with Crippen LogP contribution in [0.15, 0.2) is 67.0 Å². The molecule has 7 nitrogen and oxygen atoms in total. The highest BCUT2D eigenvalue weighted by Crippen LogP contribution is 2.33. The van der Waals surface area contributed by atoms with E-state index in [9.17, 15) is 4.79 Å². The van der Waals surface area contributed by atoms with Crippen molar-refractivity contribution in [1.29, 1.82) is 0 Å². The van der Waals surface area contributed by atoms with Crippen molar-refractivity contribution < 1.29 is 14.3 Å². The van der Waals surface area contributed by atoms with Gasteiger partial charge in [-0.05, 0) is 23.8 Å². The summed E-state index contributed by atoms with van der Waals surface area (Å²) in [6.07, 6.45) is 2.19. The minimum atomic E-state index is -0.466. The molecule has 0 aliphatic carbocycles. The number of halogens is 1. The molecule has 0 bridgehead atoms. The van der Waals surface area contributed by atoms with Gasteiger partial charge < -0.3 is 14.8 Å². The molecule has 2 aromatic heterocycles. The highest BCUT2D eigenvalue weighted by Gasteiger charge is 2.20. The minimum absolute atomic E-state index is 0.363. The molecule has 1 N–H and O–H groups in total. The van der Waals surface area contributed by atoms with E-state index in [-0.39, 0.29) is 0 Å². The van der Waals surface area contributed by atoms with Gasteiger partial charge in [-0.1, -0.05) is 48.0 Å². The maximum absolute atomic E-state index is 12.2. The molecule has 9 heteroatoms. The summed E-state index contributed by atoms with van der Waals surface area (Å²) in [6.45, 7) is 0.363. The van der Waals surface area contributed by atoms with E-state index >= 15 is 0 Å². The van der Waals surface area contributed by atoms with Crippen molar-refractivity contribution in [2.75, 3.05) is 19.0 Å². The number of carbonyl (C=O) groups excluding carboxylic acids is 1. The summed E-state index contributed by atoms with van der Waals surface area (Å²) in [7, 11) is 1.34. The molecule has 0 saturated heterocycles. The molecule has 0 aliphatic heterocycles. The van der Waals surface area contributed by atoms with Crippen molar-refractivity contribution >= 4 is 40.5 Å². The SMILES string of the molecule is COC(=O)c1sc(-n2cnc(Nc3ccccc3)n2)cc1OCCc1ccccc1Cl. The Morgan fingerprint density at radius 3 is 2.71 bits per heavy atom. The fraction of sp³-hybridized carbons (Fsp3) is 0.136. The molecule has 0 spiro atoms. The number of methoxy groups -OCH3 is 1. The van der Waals surface area contributed by atoms with E-state index in [1.165, 1.54) is 18.4 Å². The third kappa shape index (κ3) is 5.04. The van der Waals surface area contributed by atoms with Gasteiger partial charge in [-0.3, -0.25) is 0 Å². The van der Waals surface area contributed by atoms with E-state index in [1.54, 1.807) is 17.1 Å². The van der Waals surface area contributed by atoms with Gasteiger partial charge in [-0.15, -0.1) is 16.4 Å². The molecular weight excluding hydrogens is 436 g/mol. The largest absolute Gasteiger partial charge is 0.491 e. The van der Waals surface area contributed by atoms with Crippen LogP contribution in [0.3, 0.4) is 0 Å². The summed E-state index contributed by atoms with van der Waals surface area (Å²) < 4.78 is 12.4. The molecule has 0 saturated carbocycles. The van der Waals surface area contributed by atoms with E-state index < -0.39 is 5.97 Å². The number of ether oxygens (including phenoxy) is 2. The number of nitrogens with zero attached hydrogens (tertiary/aromatic N) is 3. The summed E-state index contributed by atoms with van der Waals surface area (Å²) in [5.74, 6) is 0.416. The lowest BCUT2D eigenvalue weighted by Gasteiger charge is -2.07. The van der Waals surface area contributed by atoms with E-state index in [0.29, 0.717) is 39.6 Å². The van der Waals surface area contributed by atoms with Crippen molar-refractivity contribution in [2.24, 2.45) is 0 Å². The van der Waals surface area contributed by atoms with Crippen LogP contribution in [-0.4, -0.2) is 34.5 Å². The summed E-state index contributed by atoms with van der Waals surface area (Å²) in [4.78, 5) is 16.9. The lowest BCUT2D eigenvalue weighted by Crippen LogP contribution is -2.05. The lowest BCUT2D eigenvalue weighted by atomic mass is 10.2. The molecular formula is C22H19ClN4O3S. The van der Waals surface area contributed by atoms with Crippen LogP contribution in [0.1, 0.15) is 15.2 Å². The number of benzene rings is 2. The Morgan fingerprint density at radius 2 is 1.94 bits per heavy atom. The predicted molar refractivity (Wildman–Crippen MR) is 121 cm³/mol. The predicted octanol–water partition coefficient (Wildman–Crippen LogP) is 5.13. The smallest absolute Gasteiger partial charge is 0.351 e. The van der Waals surface area contributed by atoms with Crippen molar-refractivity contribution in [2.45, 2.75) is 6.42 Å². The fourth-order valence-corrected chi connectivity index (χ4v) is 4.04. The molecule has 31 heavy (non-hydrogen) atoms. The quantitative estimate of drug-likeness (QED) is 0.372. The average molecular weight is 455 g/mol. The van der Waals surface area contributed by atoms with Crippen LogP contribution in [-0.2, 0) is 11.2 Å². The highest BCUT2D eigenvalue weighted by molar-refractivity contribution is 7.16. The number of carbonyl (C=O) groups is 1. The number of anilines is 2. The zero-order valence-corrected chi connectivity index (χ0v) is 18.2. The molecule has 4 rings (SSSR count). The second-order valence-electron chi connectivity index (χ2n) is 6.46. The number of aromatic nitrogens is 3. The van der Waals surface area contributed by atoms with Crippen LogP contribution in [0.4, 0.5) is 11.6 Å². The molecule has 0 radical (unpaired) electrons. The Morgan fingerprint density at radius 1 is 1.16 bits per heavy atom. The zero-order chi connectivity index (χ0) is 21.6. The van der Waals surface area contributed by atoms with Gasteiger partial charge >= 0.3 is 5.97 Å². The third-order valence-corrected chi connectivity index (χ3v) is 5.84. The molecule has 0 fully saturated rings. The monoisotopic (exact) mass is 454 g/mol. The van der Waals surface area contributed by atoms with Gasteiger partial charge in [0.25, 0.3) is 0 Å². The standard InChI is InChI=1S/C22H19ClN4O3S/c1-29-21(28)20-18(30-12-11-15-7-5-6-10-17(15)23)13-19(31-20)27-14-24-22(26-27)25-16-8-3-2-4-9-16/h2-10,13-14H,11-12H2,1H3,(H,25,26). The number of para-hydroxylation sites is 1. The molecule has 0 atom stereocenters. The number of thiophene rings is 1. The van der Waals surface area contributed by atoms with Gasteiger partial charge in [-0.2, -0.15) is 4.98 Å². The van der Waals surface area contributed by atoms with Crippen molar-refractivity contribution in [1.82, 2.24) is 14.8 Å². The second kappa shape index (κ2) is 9.63. The van der Waals surface area contributed by atoms with Crippen LogP contribution < -0.4 is 10.1 Å². The van der Waals surface area contributed by atoms with E-state index in [2.05, 4.69) is 15.4 Å². The van der Waals surface area contributed by atoms with E-state index in [4.69, 9.17) is 21.1 Å². The maximum Gasteiger partial charge on any atom is 0.351 e. The Hall–Kier alpha value is -3.36. The fourth-order valence-electron chi connectivity index (χ4n) is 2.87. The topological polar surface area (TPSA) is 78.3 Å². The van der Waals surface area contributed by atoms with Gasteiger partial charge in [0.1, 0.15) is 17.1 Å². The average Bonchev–Trinajstić information content (AvgIpc) is 3.42. The molecule has 2 aromatic carbocycles.